The molecular weight excluding hydrogens is 351 g/mol. The number of furan rings is 1. The summed E-state index contributed by atoms with van der Waals surface area (Å²) in [6.07, 6.45) is 0. The molecule has 0 aliphatic heterocycles. The Labute approximate surface area is 141 Å². The van der Waals surface area contributed by atoms with Crippen LogP contribution in [0.3, 0.4) is 0 Å². The van der Waals surface area contributed by atoms with Gasteiger partial charge in [-0.15, -0.1) is 0 Å². The summed E-state index contributed by atoms with van der Waals surface area (Å²) in [4.78, 5) is 12.8. The molecule has 4 heteroatoms. The molecule has 0 amide bonds. The van der Waals surface area contributed by atoms with Crippen LogP contribution in [-0.4, -0.2) is 13.6 Å². The van der Waals surface area contributed by atoms with Crippen molar-refractivity contribution in [2.75, 3.05) is 0 Å². The second kappa shape index (κ2) is 4.36. The van der Waals surface area contributed by atoms with Crippen LogP contribution in [0.25, 0.3) is 33.1 Å². The zero-order valence-electron chi connectivity index (χ0n) is 12.3. The monoisotopic (exact) mass is 360 g/mol. The summed E-state index contributed by atoms with van der Waals surface area (Å²) in [5.41, 5.74) is 6.25. The molecule has 1 aromatic heterocycles. The van der Waals surface area contributed by atoms with Gasteiger partial charge >= 0.3 is 0 Å². The minimum absolute atomic E-state index is 0.0894. The van der Waals surface area contributed by atoms with Crippen molar-refractivity contribution in [1.82, 2.24) is 0 Å². The minimum Gasteiger partial charge on any atom is -0.455 e. The molecule has 0 saturated carbocycles. The number of para-hydroxylation sites is 1. The molecule has 0 atom stereocenters. The maximum atomic E-state index is 12.8. The van der Waals surface area contributed by atoms with Crippen molar-refractivity contribution >= 4 is 57.0 Å². The summed E-state index contributed by atoms with van der Waals surface area (Å²) < 4.78 is 6.84. The van der Waals surface area contributed by atoms with Gasteiger partial charge in [-0.3, -0.25) is 4.79 Å². The van der Waals surface area contributed by atoms with E-state index in [1.165, 1.54) is 0 Å². The van der Waals surface area contributed by atoms with Gasteiger partial charge in [-0.05, 0) is 33.6 Å². The Morgan fingerprint density at radius 1 is 0.957 bits per heavy atom. The van der Waals surface area contributed by atoms with Crippen LogP contribution >= 0.6 is 15.9 Å². The fourth-order valence-electron chi connectivity index (χ4n) is 3.53. The molecular formula is C19H10BBrO2. The van der Waals surface area contributed by atoms with Gasteiger partial charge in [0.15, 0.2) is 5.78 Å². The van der Waals surface area contributed by atoms with Crippen molar-refractivity contribution in [2.24, 2.45) is 0 Å². The average Bonchev–Trinajstić information content (AvgIpc) is 3.05. The standard InChI is InChI=1S/C19H10BBrO2/c20-9-5-6-10-12(7-9)18(22)13-8-14(21)19-17(16(10)13)11-3-1-2-4-15(11)23-19/h1-8H,20H2. The quantitative estimate of drug-likeness (QED) is 0.393. The van der Waals surface area contributed by atoms with Crippen molar-refractivity contribution in [1.29, 1.82) is 0 Å². The van der Waals surface area contributed by atoms with Gasteiger partial charge in [0.05, 0.1) is 4.47 Å². The molecule has 1 aliphatic carbocycles. The highest BCUT2D eigenvalue weighted by Crippen LogP contribution is 2.47. The molecule has 3 aromatic carbocycles. The molecule has 0 fully saturated rings. The first-order valence-electron chi connectivity index (χ1n) is 7.44. The third kappa shape index (κ3) is 1.62. The molecule has 5 rings (SSSR count). The van der Waals surface area contributed by atoms with Gasteiger partial charge < -0.3 is 4.42 Å². The van der Waals surface area contributed by atoms with E-state index in [-0.39, 0.29) is 5.78 Å². The van der Waals surface area contributed by atoms with E-state index in [9.17, 15) is 4.79 Å². The minimum atomic E-state index is 0.0894. The molecule has 4 aromatic rings. The van der Waals surface area contributed by atoms with E-state index >= 15 is 0 Å². The van der Waals surface area contributed by atoms with Gasteiger partial charge in [-0.1, -0.05) is 41.9 Å². The first kappa shape index (κ1) is 13.1. The van der Waals surface area contributed by atoms with Gasteiger partial charge in [0.2, 0.25) is 0 Å². The summed E-state index contributed by atoms with van der Waals surface area (Å²) in [5.74, 6) is 0.0894. The summed E-state index contributed by atoms with van der Waals surface area (Å²) in [7, 11) is 2.01. The summed E-state index contributed by atoms with van der Waals surface area (Å²) in [5, 5.41) is 2.06. The number of carbonyl (C=O) groups is 1. The van der Waals surface area contributed by atoms with Gasteiger partial charge in [0, 0.05) is 27.5 Å². The molecule has 0 unspecified atom stereocenters. The van der Waals surface area contributed by atoms with Crippen LogP contribution in [0.1, 0.15) is 15.9 Å². The normalized spacial score (nSPS) is 12.8. The number of halogens is 1. The van der Waals surface area contributed by atoms with Crippen LogP contribution in [0.15, 0.2) is 57.4 Å². The van der Waals surface area contributed by atoms with Crippen molar-refractivity contribution < 1.29 is 9.21 Å². The number of fused-ring (bicyclic) bond motifs is 7. The highest BCUT2D eigenvalue weighted by atomic mass is 79.9. The first-order valence-corrected chi connectivity index (χ1v) is 8.24. The lowest BCUT2D eigenvalue weighted by Gasteiger charge is -2.04. The van der Waals surface area contributed by atoms with Crippen LogP contribution < -0.4 is 5.46 Å². The lowest BCUT2D eigenvalue weighted by molar-refractivity contribution is 0.104. The predicted octanol–water partition coefficient (Wildman–Crippen LogP) is 3.82. The molecule has 23 heavy (non-hydrogen) atoms. The number of hydrogen-bond donors (Lipinski definition) is 0. The maximum absolute atomic E-state index is 12.8. The van der Waals surface area contributed by atoms with Crippen LogP contribution in [0.5, 0.6) is 0 Å². The molecule has 1 aliphatic rings. The fraction of sp³-hybridized carbons (Fsp3) is 0. The van der Waals surface area contributed by atoms with E-state index in [4.69, 9.17) is 4.42 Å². The first-order chi connectivity index (χ1) is 11.1. The highest BCUT2D eigenvalue weighted by molar-refractivity contribution is 9.10. The van der Waals surface area contributed by atoms with Crippen LogP contribution in [0, 0.1) is 0 Å². The molecule has 108 valence electrons. The smallest absolute Gasteiger partial charge is 0.194 e. The zero-order valence-corrected chi connectivity index (χ0v) is 13.9. The van der Waals surface area contributed by atoms with E-state index in [2.05, 4.69) is 22.0 Å². The number of ketones is 1. The Morgan fingerprint density at radius 3 is 2.65 bits per heavy atom. The maximum Gasteiger partial charge on any atom is 0.194 e. The van der Waals surface area contributed by atoms with Crippen LogP contribution in [0.4, 0.5) is 0 Å². The molecule has 1 heterocycles. The van der Waals surface area contributed by atoms with Crippen LogP contribution in [0.2, 0.25) is 0 Å². The summed E-state index contributed by atoms with van der Waals surface area (Å²) >= 11 is 3.57. The molecule has 0 radical (unpaired) electrons. The predicted molar refractivity (Wildman–Crippen MR) is 98.5 cm³/mol. The lowest BCUT2D eigenvalue weighted by atomic mass is 9.91. The van der Waals surface area contributed by atoms with Crippen LogP contribution in [-0.2, 0) is 0 Å². The molecule has 0 saturated heterocycles. The SMILES string of the molecule is Bc1ccc2c(c1)C(=O)c1cc(Br)c3oc4ccccc4c3c1-2. The molecule has 2 nitrogen and oxygen atoms in total. The highest BCUT2D eigenvalue weighted by Gasteiger charge is 2.31. The Kier molecular flexibility index (Phi) is 2.49. The number of rotatable bonds is 0. The third-order valence-electron chi connectivity index (χ3n) is 4.54. The number of carbonyl (C=O) groups excluding carboxylic acids is 1. The second-order valence-corrected chi connectivity index (χ2v) is 6.82. The Balaban J connectivity index is 2.05. The van der Waals surface area contributed by atoms with E-state index in [0.717, 1.165) is 54.1 Å². The van der Waals surface area contributed by atoms with Gasteiger partial charge in [-0.2, -0.15) is 0 Å². The van der Waals surface area contributed by atoms with Crippen molar-refractivity contribution in [3.63, 3.8) is 0 Å². The zero-order chi connectivity index (χ0) is 15.7. The fourth-order valence-corrected chi connectivity index (χ4v) is 4.04. The summed E-state index contributed by atoms with van der Waals surface area (Å²) in [6, 6.07) is 15.9. The van der Waals surface area contributed by atoms with E-state index in [1.807, 2.05) is 50.3 Å². The number of benzene rings is 3. The van der Waals surface area contributed by atoms with Crippen molar-refractivity contribution in [2.45, 2.75) is 0 Å². The Morgan fingerprint density at radius 2 is 1.78 bits per heavy atom. The topological polar surface area (TPSA) is 30.2 Å². The largest absolute Gasteiger partial charge is 0.455 e. The van der Waals surface area contributed by atoms with Crippen molar-refractivity contribution in [3.05, 3.63) is 64.1 Å². The van der Waals surface area contributed by atoms with E-state index < -0.39 is 0 Å². The summed E-state index contributed by atoms with van der Waals surface area (Å²) in [6.45, 7) is 0. The third-order valence-corrected chi connectivity index (χ3v) is 5.13. The Bertz CT molecular complexity index is 1160. The molecule has 0 spiro atoms. The molecule has 0 N–H and O–H groups in total. The lowest BCUT2D eigenvalue weighted by Crippen LogP contribution is -2.05. The van der Waals surface area contributed by atoms with Gasteiger partial charge in [-0.25, -0.2) is 0 Å². The van der Waals surface area contributed by atoms with E-state index in [0.29, 0.717) is 0 Å². The van der Waals surface area contributed by atoms with Crippen molar-refractivity contribution in [3.8, 4) is 11.1 Å². The van der Waals surface area contributed by atoms with Gasteiger partial charge in [0.25, 0.3) is 0 Å². The molecule has 0 bridgehead atoms. The van der Waals surface area contributed by atoms with E-state index in [1.54, 1.807) is 0 Å². The number of hydrogen-bond acceptors (Lipinski definition) is 2. The Hall–Kier alpha value is -2.33. The average molecular weight is 361 g/mol. The van der Waals surface area contributed by atoms with Gasteiger partial charge in [0.1, 0.15) is 19.0 Å². The second-order valence-electron chi connectivity index (χ2n) is 5.96.